The molecule has 17 aromatic rings. The molecule has 0 atom stereocenters. The zero-order chi connectivity index (χ0) is 65.5. The Morgan fingerprint density at radius 3 is 0.765 bits per heavy atom. The van der Waals surface area contributed by atoms with Crippen molar-refractivity contribution in [1.82, 2.24) is 19.1 Å². The number of rotatable bonds is 16. The third-order valence-corrected chi connectivity index (χ3v) is 18.6. The molecule has 4 heterocycles. The highest BCUT2D eigenvalue weighted by molar-refractivity contribution is 6.14. The number of pyridine rings is 2. The van der Waals surface area contributed by atoms with Crippen LogP contribution in [0.25, 0.3) is 77.5 Å². The van der Waals surface area contributed by atoms with Crippen molar-refractivity contribution < 1.29 is 0 Å². The molecular weight excluding hydrogens is 1190 g/mol. The SMILES string of the molecule is Cc1ccc(-c2cccc(-c3cc(-n4c5ccc(N(c6ccccc6)c6ccccc6)cc5c5cc(N(c6ccccc6)c6ccccc6)ccc54)nc(-n4c5ccc(N(c6ccccc6)c6ccccc6)cc5c5cc(N(c6ccccc6)c6ccccc6)ccc54)c3)c2)c(C)n1. The predicted octanol–water partition coefficient (Wildman–Crippen LogP) is 24.5. The molecule has 0 aliphatic rings. The van der Waals surface area contributed by atoms with E-state index in [1.54, 1.807) is 0 Å². The second-order valence-corrected chi connectivity index (χ2v) is 24.7. The lowest BCUT2D eigenvalue weighted by Gasteiger charge is -2.26. The van der Waals surface area contributed by atoms with Gasteiger partial charge in [-0.05, 0) is 225 Å². The highest BCUT2D eigenvalue weighted by Gasteiger charge is 2.25. The van der Waals surface area contributed by atoms with Crippen LogP contribution in [0.5, 0.6) is 0 Å². The molecule has 0 N–H and O–H groups in total. The van der Waals surface area contributed by atoms with E-state index in [0.29, 0.717) is 0 Å². The number of nitrogens with zero attached hydrogens (tertiary/aromatic N) is 8. The van der Waals surface area contributed by atoms with Crippen LogP contribution < -0.4 is 19.6 Å². The van der Waals surface area contributed by atoms with Gasteiger partial charge in [-0.25, -0.2) is 4.98 Å². The third kappa shape index (κ3) is 10.9. The van der Waals surface area contributed by atoms with Crippen molar-refractivity contribution in [2.45, 2.75) is 13.8 Å². The van der Waals surface area contributed by atoms with Crippen molar-refractivity contribution in [2.24, 2.45) is 0 Å². The topological polar surface area (TPSA) is 48.6 Å². The number of anilines is 12. The summed E-state index contributed by atoms with van der Waals surface area (Å²) < 4.78 is 4.76. The monoisotopic (exact) mass is 1260 g/mol. The average Bonchev–Trinajstić information content (AvgIpc) is 1.56. The molecule has 0 fully saturated rings. The Hall–Kier alpha value is -13.0. The van der Waals surface area contributed by atoms with Crippen LogP contribution in [-0.2, 0) is 0 Å². The van der Waals surface area contributed by atoms with Crippen molar-refractivity contribution in [2.75, 3.05) is 19.6 Å². The Morgan fingerprint density at radius 1 is 0.214 bits per heavy atom. The summed E-state index contributed by atoms with van der Waals surface area (Å²) in [5, 5.41) is 4.32. The van der Waals surface area contributed by atoms with Crippen LogP contribution in [0.4, 0.5) is 68.2 Å². The maximum atomic E-state index is 6.03. The van der Waals surface area contributed by atoms with E-state index in [-0.39, 0.29) is 0 Å². The molecule has 0 bridgehead atoms. The fourth-order valence-electron chi connectivity index (χ4n) is 14.2. The standard InChI is InChI=1S/C90H66N8/c1-63-46-51-80(64(2)91-63)66-29-27-28-65(56-66)67-57-89(97-85-52-47-76(93(68-30-11-3-12-31-68)69-32-13-4-14-33-69)59-81(85)82-60-77(48-53-86(82)97)94(70-34-15-5-16-35-70)71-36-17-6-18-37-71)92-90(58-67)98-87-54-49-78(95(72-38-19-7-20-39-72)73-40-21-8-22-41-73)61-83(87)84-62-79(50-55-88(84)98)96(74-42-23-9-24-43-74)75-44-25-10-26-45-75/h3-62H,1-2H3. The number of para-hydroxylation sites is 8. The Labute approximate surface area is 570 Å². The average molecular weight is 1260 g/mol. The Morgan fingerprint density at radius 2 is 0.490 bits per heavy atom. The van der Waals surface area contributed by atoms with E-state index in [4.69, 9.17) is 9.97 Å². The van der Waals surface area contributed by atoms with Gasteiger partial charge in [0.05, 0.1) is 22.1 Å². The van der Waals surface area contributed by atoms with Gasteiger partial charge in [-0.2, -0.15) is 0 Å². The molecule has 8 nitrogen and oxygen atoms in total. The van der Waals surface area contributed by atoms with Gasteiger partial charge in [-0.1, -0.05) is 170 Å². The lowest BCUT2D eigenvalue weighted by atomic mass is 9.98. The first-order chi connectivity index (χ1) is 48.4. The van der Waals surface area contributed by atoms with Crippen LogP contribution in [0.3, 0.4) is 0 Å². The van der Waals surface area contributed by atoms with Crippen LogP contribution in [-0.4, -0.2) is 19.1 Å². The first-order valence-corrected chi connectivity index (χ1v) is 33.3. The van der Waals surface area contributed by atoms with Crippen molar-refractivity contribution in [3.63, 3.8) is 0 Å². The normalized spacial score (nSPS) is 11.4. The molecule has 4 aromatic heterocycles. The Kier molecular flexibility index (Phi) is 15.2. The molecule has 0 unspecified atom stereocenters. The van der Waals surface area contributed by atoms with Gasteiger partial charge >= 0.3 is 0 Å². The molecule has 98 heavy (non-hydrogen) atoms. The van der Waals surface area contributed by atoms with Crippen LogP contribution in [0.1, 0.15) is 11.4 Å². The molecule has 0 amide bonds. The second kappa shape index (κ2) is 25.4. The van der Waals surface area contributed by atoms with Gasteiger partial charge in [-0.3, -0.25) is 14.1 Å². The van der Waals surface area contributed by atoms with Crippen molar-refractivity contribution in [3.8, 4) is 33.9 Å². The summed E-state index contributed by atoms with van der Waals surface area (Å²) in [5.74, 6) is 1.54. The summed E-state index contributed by atoms with van der Waals surface area (Å²) in [4.78, 5) is 20.4. The molecule has 0 spiro atoms. The minimum absolute atomic E-state index is 0.768. The highest BCUT2D eigenvalue weighted by atomic mass is 15.2. The van der Waals surface area contributed by atoms with Crippen molar-refractivity contribution >= 4 is 112 Å². The molecule has 17 rings (SSSR count). The van der Waals surface area contributed by atoms with Gasteiger partial charge in [0, 0.05) is 107 Å². The number of hydrogen-bond donors (Lipinski definition) is 0. The fourth-order valence-corrected chi connectivity index (χ4v) is 14.2. The van der Waals surface area contributed by atoms with Gasteiger partial charge in [-0.15, -0.1) is 0 Å². The second-order valence-electron chi connectivity index (χ2n) is 24.7. The predicted molar refractivity (Wildman–Crippen MR) is 410 cm³/mol. The lowest BCUT2D eigenvalue weighted by molar-refractivity contribution is 1.01. The van der Waals surface area contributed by atoms with E-state index in [9.17, 15) is 0 Å². The van der Waals surface area contributed by atoms with Crippen LogP contribution in [0.15, 0.2) is 364 Å². The summed E-state index contributed by atoms with van der Waals surface area (Å²) in [6.07, 6.45) is 0. The van der Waals surface area contributed by atoms with E-state index in [1.807, 2.05) is 0 Å². The summed E-state index contributed by atoms with van der Waals surface area (Å²) >= 11 is 0. The molecule has 0 aliphatic carbocycles. The van der Waals surface area contributed by atoms with Gasteiger partial charge < -0.3 is 19.6 Å². The molecular formula is C90H66N8. The molecule has 466 valence electrons. The third-order valence-electron chi connectivity index (χ3n) is 18.6. The zero-order valence-corrected chi connectivity index (χ0v) is 54.2. The van der Waals surface area contributed by atoms with E-state index >= 15 is 0 Å². The van der Waals surface area contributed by atoms with Crippen LogP contribution in [0, 0.1) is 13.8 Å². The van der Waals surface area contributed by atoms with E-state index in [0.717, 1.165) is 157 Å². The Bertz CT molecular complexity index is 4960. The maximum absolute atomic E-state index is 6.03. The summed E-state index contributed by atoms with van der Waals surface area (Å²) in [5.41, 5.74) is 22.9. The molecule has 0 saturated heterocycles. The summed E-state index contributed by atoms with van der Waals surface area (Å²) in [6.45, 7) is 4.15. The Balaban J connectivity index is 0.949. The van der Waals surface area contributed by atoms with Gasteiger partial charge in [0.2, 0.25) is 0 Å². The number of benzene rings is 13. The molecule has 0 aliphatic heterocycles. The quantitative estimate of drug-likeness (QED) is 0.0961. The first-order valence-electron chi connectivity index (χ1n) is 33.3. The lowest BCUT2D eigenvalue weighted by Crippen LogP contribution is -2.09. The molecule has 13 aromatic carbocycles. The summed E-state index contributed by atoms with van der Waals surface area (Å²) in [6, 6.07) is 131. The van der Waals surface area contributed by atoms with E-state index in [2.05, 4.69) is 407 Å². The largest absolute Gasteiger partial charge is 0.310 e. The van der Waals surface area contributed by atoms with Gasteiger partial charge in [0.15, 0.2) is 0 Å². The fraction of sp³-hybridized carbons (Fsp3) is 0.0222. The number of fused-ring (bicyclic) bond motifs is 6. The van der Waals surface area contributed by atoms with Crippen LogP contribution >= 0.6 is 0 Å². The molecule has 0 saturated carbocycles. The van der Waals surface area contributed by atoms with Crippen molar-refractivity contribution in [1.29, 1.82) is 0 Å². The maximum Gasteiger partial charge on any atom is 0.140 e. The van der Waals surface area contributed by atoms with Crippen molar-refractivity contribution in [3.05, 3.63) is 375 Å². The number of aryl methyl sites for hydroxylation is 2. The van der Waals surface area contributed by atoms with Gasteiger partial charge in [0.1, 0.15) is 11.6 Å². The first kappa shape index (κ1) is 58.8. The minimum atomic E-state index is 0.768. The minimum Gasteiger partial charge on any atom is -0.310 e. The van der Waals surface area contributed by atoms with Crippen LogP contribution in [0.2, 0.25) is 0 Å². The van der Waals surface area contributed by atoms with E-state index < -0.39 is 0 Å². The summed E-state index contributed by atoms with van der Waals surface area (Å²) in [7, 11) is 0. The smallest absolute Gasteiger partial charge is 0.140 e. The highest BCUT2D eigenvalue weighted by Crippen LogP contribution is 2.47. The zero-order valence-electron chi connectivity index (χ0n) is 54.2. The van der Waals surface area contributed by atoms with E-state index in [1.165, 1.54) is 0 Å². The number of hydrogen-bond acceptors (Lipinski definition) is 6. The molecule has 8 heteroatoms. The van der Waals surface area contributed by atoms with Gasteiger partial charge in [0.25, 0.3) is 0 Å². The molecule has 0 radical (unpaired) electrons. The number of aromatic nitrogens is 4.